The van der Waals surface area contributed by atoms with Crippen molar-refractivity contribution in [2.75, 3.05) is 13.6 Å². The van der Waals surface area contributed by atoms with Gasteiger partial charge in [-0.2, -0.15) is 0 Å². The van der Waals surface area contributed by atoms with Crippen molar-refractivity contribution >= 4 is 0 Å². The van der Waals surface area contributed by atoms with Crippen molar-refractivity contribution in [3.8, 4) is 0 Å². The fourth-order valence-electron chi connectivity index (χ4n) is 2.79. The van der Waals surface area contributed by atoms with Gasteiger partial charge in [-0.1, -0.05) is 54.6 Å². The van der Waals surface area contributed by atoms with E-state index >= 15 is 0 Å². The monoisotopic (exact) mass is 329 g/mol. The van der Waals surface area contributed by atoms with Gasteiger partial charge in [0.1, 0.15) is 0 Å². The normalized spacial score (nSPS) is 15.2. The molecule has 0 aliphatic rings. The van der Waals surface area contributed by atoms with Gasteiger partial charge in [-0.25, -0.2) is 0 Å². The number of aliphatic hydroxyl groups excluding tert-OH is 3. The van der Waals surface area contributed by atoms with E-state index in [9.17, 15) is 10.2 Å². The van der Waals surface area contributed by atoms with E-state index in [0.717, 1.165) is 11.1 Å². The van der Waals surface area contributed by atoms with Crippen LogP contribution in [0.3, 0.4) is 0 Å². The van der Waals surface area contributed by atoms with Crippen molar-refractivity contribution in [1.82, 2.24) is 4.90 Å². The molecule has 4 heteroatoms. The van der Waals surface area contributed by atoms with Gasteiger partial charge < -0.3 is 15.3 Å². The van der Waals surface area contributed by atoms with Gasteiger partial charge in [0.2, 0.25) is 0 Å². The minimum atomic E-state index is -0.715. The summed E-state index contributed by atoms with van der Waals surface area (Å²) >= 11 is 0. The first kappa shape index (κ1) is 18.6. The first-order valence-corrected chi connectivity index (χ1v) is 8.32. The van der Waals surface area contributed by atoms with Crippen LogP contribution in [-0.2, 0) is 6.61 Å². The maximum Gasteiger partial charge on any atom is 0.0815 e. The largest absolute Gasteiger partial charge is 0.392 e. The second kappa shape index (κ2) is 8.94. The molecular formula is C20H27NO3. The molecule has 24 heavy (non-hydrogen) atoms. The first-order chi connectivity index (χ1) is 11.5. The number of likely N-dealkylation sites (N-methyl/N-ethyl adjacent to an activating group) is 1. The molecular weight excluding hydrogens is 302 g/mol. The Hall–Kier alpha value is -1.72. The highest BCUT2D eigenvalue weighted by Gasteiger charge is 2.18. The average molecular weight is 329 g/mol. The zero-order chi connectivity index (χ0) is 17.5. The molecule has 0 fully saturated rings. The van der Waals surface area contributed by atoms with Crippen molar-refractivity contribution in [3.63, 3.8) is 0 Å². The van der Waals surface area contributed by atoms with Gasteiger partial charge in [0.05, 0.1) is 18.8 Å². The van der Waals surface area contributed by atoms with E-state index in [0.29, 0.717) is 6.54 Å². The van der Waals surface area contributed by atoms with E-state index in [2.05, 4.69) is 24.0 Å². The average Bonchev–Trinajstić information content (AvgIpc) is 2.61. The predicted octanol–water partition coefficient (Wildman–Crippen LogP) is 2.66. The number of rotatable bonds is 8. The lowest BCUT2D eigenvalue weighted by molar-refractivity contribution is 0.0514. The molecule has 0 amide bonds. The van der Waals surface area contributed by atoms with Gasteiger partial charge in [-0.15, -0.1) is 0 Å². The molecule has 3 atom stereocenters. The summed E-state index contributed by atoms with van der Waals surface area (Å²) in [5.41, 5.74) is 2.76. The minimum Gasteiger partial charge on any atom is -0.392 e. The highest BCUT2D eigenvalue weighted by Crippen LogP contribution is 2.22. The fourth-order valence-corrected chi connectivity index (χ4v) is 2.79. The van der Waals surface area contributed by atoms with Gasteiger partial charge in [0, 0.05) is 19.0 Å². The van der Waals surface area contributed by atoms with Crippen LogP contribution >= 0.6 is 0 Å². The molecule has 0 radical (unpaired) electrons. The molecule has 0 aliphatic carbocycles. The molecule has 0 heterocycles. The molecule has 0 saturated heterocycles. The Morgan fingerprint density at radius 3 is 2.12 bits per heavy atom. The van der Waals surface area contributed by atoms with Crippen LogP contribution in [0.4, 0.5) is 0 Å². The minimum absolute atomic E-state index is 0.0127. The van der Waals surface area contributed by atoms with Gasteiger partial charge in [0.15, 0.2) is 0 Å². The van der Waals surface area contributed by atoms with E-state index in [1.807, 2.05) is 25.2 Å². The van der Waals surface area contributed by atoms with Crippen LogP contribution in [0, 0.1) is 0 Å². The maximum absolute atomic E-state index is 10.3. The summed E-state index contributed by atoms with van der Waals surface area (Å²) in [5, 5.41) is 29.6. The number of nitrogens with zero attached hydrogens (tertiary/aromatic N) is 1. The topological polar surface area (TPSA) is 63.9 Å². The van der Waals surface area contributed by atoms with Crippen molar-refractivity contribution in [3.05, 3.63) is 71.3 Å². The van der Waals surface area contributed by atoms with Gasteiger partial charge in [0.25, 0.3) is 0 Å². The molecule has 2 aromatic rings. The Balaban J connectivity index is 1.88. The van der Waals surface area contributed by atoms with Crippen LogP contribution in [0.25, 0.3) is 0 Å². The van der Waals surface area contributed by atoms with Crippen molar-refractivity contribution in [2.45, 2.75) is 38.2 Å². The third kappa shape index (κ3) is 5.14. The third-order valence-corrected chi connectivity index (χ3v) is 4.48. The highest BCUT2D eigenvalue weighted by molar-refractivity contribution is 5.23. The number of aliphatic hydroxyl groups is 3. The molecule has 130 valence electrons. The fraction of sp³-hybridized carbons (Fsp3) is 0.400. The molecule has 0 bridgehead atoms. The van der Waals surface area contributed by atoms with E-state index in [-0.39, 0.29) is 19.1 Å². The van der Waals surface area contributed by atoms with Crippen LogP contribution in [0.2, 0.25) is 0 Å². The van der Waals surface area contributed by atoms with E-state index in [1.54, 1.807) is 24.3 Å². The molecule has 0 saturated carbocycles. The molecule has 0 aliphatic heterocycles. The van der Waals surface area contributed by atoms with Crippen molar-refractivity contribution < 1.29 is 15.3 Å². The number of benzene rings is 2. The van der Waals surface area contributed by atoms with Crippen LogP contribution < -0.4 is 0 Å². The summed E-state index contributed by atoms with van der Waals surface area (Å²) < 4.78 is 0. The van der Waals surface area contributed by atoms with Crippen LogP contribution in [0.1, 0.15) is 42.2 Å². The van der Waals surface area contributed by atoms with Gasteiger partial charge >= 0.3 is 0 Å². The number of hydrogen-bond donors (Lipinski definition) is 3. The third-order valence-electron chi connectivity index (χ3n) is 4.48. The molecule has 0 unspecified atom stereocenters. The van der Waals surface area contributed by atoms with Crippen LogP contribution in [0.5, 0.6) is 0 Å². The smallest absolute Gasteiger partial charge is 0.0815 e. The van der Waals surface area contributed by atoms with Crippen LogP contribution in [0.15, 0.2) is 54.6 Å². The Bertz CT molecular complexity index is 600. The summed E-state index contributed by atoms with van der Waals surface area (Å²) in [6.45, 7) is 2.58. The first-order valence-electron chi connectivity index (χ1n) is 8.32. The Labute approximate surface area is 144 Å². The molecule has 0 spiro atoms. The molecule has 3 N–H and O–H groups in total. The zero-order valence-corrected chi connectivity index (χ0v) is 14.3. The highest BCUT2D eigenvalue weighted by atomic mass is 16.3. The lowest BCUT2D eigenvalue weighted by Crippen LogP contribution is -2.32. The summed E-state index contributed by atoms with van der Waals surface area (Å²) in [6, 6.07) is 17.5. The Morgan fingerprint density at radius 2 is 1.54 bits per heavy atom. The van der Waals surface area contributed by atoms with E-state index in [1.165, 1.54) is 5.56 Å². The van der Waals surface area contributed by atoms with Crippen molar-refractivity contribution in [2.24, 2.45) is 0 Å². The second-order valence-corrected chi connectivity index (χ2v) is 6.33. The molecule has 2 aromatic carbocycles. The molecule has 4 nitrogen and oxygen atoms in total. The zero-order valence-electron chi connectivity index (χ0n) is 14.3. The predicted molar refractivity (Wildman–Crippen MR) is 95.4 cm³/mol. The lowest BCUT2D eigenvalue weighted by Gasteiger charge is -2.28. The summed E-state index contributed by atoms with van der Waals surface area (Å²) in [5.74, 6) is 0. The number of hydrogen-bond acceptors (Lipinski definition) is 4. The maximum atomic E-state index is 10.3. The summed E-state index contributed by atoms with van der Waals surface area (Å²) in [7, 11) is 1.98. The van der Waals surface area contributed by atoms with Crippen molar-refractivity contribution in [1.29, 1.82) is 0 Å². The quantitative estimate of drug-likeness (QED) is 0.697. The molecule has 2 rings (SSSR count). The molecule has 0 aromatic heterocycles. The SMILES string of the molecule is C[C@@H](c1ccccc1)N(C)C[C@H](O)C[C@H](O)c1ccc(CO)cc1. The summed E-state index contributed by atoms with van der Waals surface area (Å²) in [4.78, 5) is 2.08. The van der Waals surface area contributed by atoms with Gasteiger partial charge in [-0.3, -0.25) is 4.90 Å². The summed E-state index contributed by atoms with van der Waals surface area (Å²) in [6.07, 6.45) is -1.05. The lowest BCUT2D eigenvalue weighted by atomic mass is 10.0. The van der Waals surface area contributed by atoms with E-state index < -0.39 is 12.2 Å². The standard InChI is InChI=1S/C20H27NO3/c1-15(17-6-4-3-5-7-17)21(2)13-19(23)12-20(24)18-10-8-16(14-22)9-11-18/h3-11,15,19-20,22-24H,12-14H2,1-2H3/t15-,19+,20-/m0/s1. The van der Waals surface area contributed by atoms with Crippen LogP contribution in [-0.4, -0.2) is 39.9 Å². The Kier molecular flexibility index (Phi) is 6.94. The van der Waals surface area contributed by atoms with E-state index in [4.69, 9.17) is 5.11 Å². The second-order valence-electron chi connectivity index (χ2n) is 6.33. The Morgan fingerprint density at radius 1 is 0.917 bits per heavy atom. The van der Waals surface area contributed by atoms with Gasteiger partial charge in [-0.05, 0) is 30.7 Å².